The van der Waals surface area contributed by atoms with Crippen LogP contribution in [-0.2, 0) is 28.6 Å². The van der Waals surface area contributed by atoms with Crippen LogP contribution < -0.4 is 0 Å². The smallest absolute Gasteiger partial charge is 0.306 e. The molecule has 6 heteroatoms. The van der Waals surface area contributed by atoms with Gasteiger partial charge in [0.1, 0.15) is 13.2 Å². The predicted octanol–water partition coefficient (Wildman–Crippen LogP) is 18.7. The second-order valence-corrected chi connectivity index (χ2v) is 21.1. The van der Waals surface area contributed by atoms with E-state index in [4.69, 9.17) is 14.2 Å². The summed E-state index contributed by atoms with van der Waals surface area (Å²) in [6.45, 7) is 13.8. The zero-order valence-electron chi connectivity index (χ0n) is 44.1. The molecule has 0 aromatic rings. The molecule has 0 saturated carbocycles. The molecule has 0 saturated heterocycles. The van der Waals surface area contributed by atoms with Crippen molar-refractivity contribution in [2.75, 3.05) is 13.2 Å². The summed E-state index contributed by atoms with van der Waals surface area (Å²) in [7, 11) is 0. The van der Waals surface area contributed by atoms with E-state index in [2.05, 4.69) is 41.5 Å². The van der Waals surface area contributed by atoms with E-state index in [0.717, 1.165) is 75.5 Å². The molecule has 1 unspecified atom stereocenters. The lowest BCUT2D eigenvalue weighted by molar-refractivity contribution is -0.167. The number of carbonyl (C=O) groups is 3. The summed E-state index contributed by atoms with van der Waals surface area (Å²) in [5.41, 5.74) is 0. The quantitative estimate of drug-likeness (QED) is 0.0344. The molecule has 0 fully saturated rings. The molecule has 0 N–H and O–H groups in total. The maximum Gasteiger partial charge on any atom is 0.306 e. The highest BCUT2D eigenvalue weighted by Gasteiger charge is 2.19. The van der Waals surface area contributed by atoms with Gasteiger partial charge in [-0.2, -0.15) is 0 Å². The van der Waals surface area contributed by atoms with Crippen molar-refractivity contribution in [3.8, 4) is 0 Å². The maximum absolute atomic E-state index is 12.8. The van der Waals surface area contributed by atoms with Crippen LogP contribution in [0.3, 0.4) is 0 Å². The van der Waals surface area contributed by atoms with Gasteiger partial charge in [-0.25, -0.2) is 0 Å². The van der Waals surface area contributed by atoms with Gasteiger partial charge in [-0.3, -0.25) is 14.4 Å². The maximum atomic E-state index is 12.8. The van der Waals surface area contributed by atoms with Gasteiger partial charge in [-0.05, 0) is 37.0 Å². The Morgan fingerprint density at radius 3 is 0.812 bits per heavy atom. The first-order valence-corrected chi connectivity index (χ1v) is 28.6. The number of ether oxygens (including phenoxy) is 3. The summed E-state index contributed by atoms with van der Waals surface area (Å²) >= 11 is 0. The fraction of sp³-hybridized carbons (Fsp3) is 0.948. The summed E-state index contributed by atoms with van der Waals surface area (Å²) in [5.74, 6) is 1.69. The van der Waals surface area contributed by atoms with E-state index in [1.807, 2.05) is 0 Å². The Kier molecular flexibility index (Phi) is 48.1. The highest BCUT2D eigenvalue weighted by molar-refractivity contribution is 5.71. The Morgan fingerprint density at radius 2 is 0.547 bits per heavy atom. The topological polar surface area (TPSA) is 78.9 Å². The van der Waals surface area contributed by atoms with E-state index in [-0.39, 0.29) is 31.1 Å². The van der Waals surface area contributed by atoms with Crippen molar-refractivity contribution in [1.82, 2.24) is 0 Å². The molecule has 0 aliphatic heterocycles. The van der Waals surface area contributed by atoms with Gasteiger partial charge in [-0.15, -0.1) is 0 Å². The predicted molar refractivity (Wildman–Crippen MR) is 275 cm³/mol. The molecule has 2 atom stereocenters. The summed E-state index contributed by atoms with van der Waals surface area (Å²) in [5, 5.41) is 0. The minimum atomic E-state index is -0.764. The second-order valence-electron chi connectivity index (χ2n) is 21.1. The van der Waals surface area contributed by atoms with Crippen LogP contribution in [0.15, 0.2) is 0 Å². The molecule has 0 aliphatic carbocycles. The van der Waals surface area contributed by atoms with Gasteiger partial charge in [0.2, 0.25) is 0 Å². The first-order valence-electron chi connectivity index (χ1n) is 28.6. The minimum absolute atomic E-state index is 0.0639. The molecular formula is C58H112O6. The molecule has 6 nitrogen and oxygen atoms in total. The van der Waals surface area contributed by atoms with Gasteiger partial charge >= 0.3 is 17.9 Å². The normalized spacial score (nSPS) is 12.6. The van der Waals surface area contributed by atoms with Crippen molar-refractivity contribution < 1.29 is 28.6 Å². The summed E-state index contributed by atoms with van der Waals surface area (Å²) in [6, 6.07) is 0. The summed E-state index contributed by atoms with van der Waals surface area (Å²) in [6.07, 6.45) is 50.9. The molecule has 0 spiro atoms. The van der Waals surface area contributed by atoms with Crippen LogP contribution in [0.4, 0.5) is 0 Å². The van der Waals surface area contributed by atoms with E-state index < -0.39 is 6.10 Å². The molecule has 0 bridgehead atoms. The summed E-state index contributed by atoms with van der Waals surface area (Å²) in [4.78, 5) is 38.1. The fourth-order valence-corrected chi connectivity index (χ4v) is 8.79. The molecule has 380 valence electrons. The monoisotopic (exact) mass is 905 g/mol. The molecular weight excluding hydrogens is 793 g/mol. The molecule has 0 amide bonds. The molecule has 0 radical (unpaired) electrons. The number of rotatable bonds is 51. The minimum Gasteiger partial charge on any atom is -0.462 e. The van der Waals surface area contributed by atoms with Crippen LogP contribution in [-0.4, -0.2) is 37.2 Å². The number of unbranched alkanes of at least 4 members (excludes halogenated alkanes) is 33. The SMILES string of the molecule is CCC(C)CCCCCCCCCCCCC(=O)OC[C@@H](COC(=O)CCCCCCCCCCCCCCCCCCC(C)C)OC(=O)CCCCCCCCCCCCC(C)C. The molecule has 0 aromatic heterocycles. The van der Waals surface area contributed by atoms with E-state index in [1.54, 1.807) is 0 Å². The second kappa shape index (κ2) is 49.3. The van der Waals surface area contributed by atoms with E-state index >= 15 is 0 Å². The van der Waals surface area contributed by atoms with E-state index in [9.17, 15) is 14.4 Å². The molecule has 0 heterocycles. The fourth-order valence-electron chi connectivity index (χ4n) is 8.79. The zero-order chi connectivity index (χ0) is 47.0. The average molecular weight is 906 g/mol. The Labute approximate surface area is 399 Å². The van der Waals surface area contributed by atoms with Crippen molar-refractivity contribution in [2.24, 2.45) is 17.8 Å². The van der Waals surface area contributed by atoms with Gasteiger partial charge in [0, 0.05) is 19.3 Å². The van der Waals surface area contributed by atoms with Gasteiger partial charge in [0.25, 0.3) is 0 Å². The van der Waals surface area contributed by atoms with Crippen LogP contribution in [0, 0.1) is 17.8 Å². The van der Waals surface area contributed by atoms with Gasteiger partial charge in [0.15, 0.2) is 6.10 Å². The standard InChI is InChI=1S/C58H112O6/c1-7-54(6)46-40-34-28-22-17-19-24-30-36-42-48-57(60)63-51-55(64-58(61)49-43-37-31-25-18-16-21-27-33-39-45-53(4)5)50-62-56(59)47-41-35-29-23-15-13-11-9-8-10-12-14-20-26-32-38-44-52(2)3/h52-55H,7-51H2,1-6H3/t54?,55-/m1/s1. The first-order chi connectivity index (χ1) is 31.1. The Balaban J connectivity index is 4.28. The number of esters is 3. The largest absolute Gasteiger partial charge is 0.462 e. The zero-order valence-corrected chi connectivity index (χ0v) is 44.1. The third kappa shape index (κ3) is 49.8. The lowest BCUT2D eigenvalue weighted by atomic mass is 9.99. The van der Waals surface area contributed by atoms with Crippen molar-refractivity contribution in [3.05, 3.63) is 0 Å². The number of hydrogen-bond donors (Lipinski definition) is 0. The van der Waals surface area contributed by atoms with Crippen molar-refractivity contribution in [1.29, 1.82) is 0 Å². The van der Waals surface area contributed by atoms with Gasteiger partial charge < -0.3 is 14.2 Å². The first kappa shape index (κ1) is 62.4. The third-order valence-electron chi connectivity index (χ3n) is 13.5. The number of hydrogen-bond acceptors (Lipinski definition) is 6. The Bertz CT molecular complexity index is 993. The van der Waals surface area contributed by atoms with Crippen molar-refractivity contribution in [2.45, 2.75) is 324 Å². The van der Waals surface area contributed by atoms with Gasteiger partial charge in [0.05, 0.1) is 0 Å². The van der Waals surface area contributed by atoms with E-state index in [0.29, 0.717) is 19.3 Å². The Morgan fingerprint density at radius 1 is 0.312 bits per heavy atom. The average Bonchev–Trinajstić information content (AvgIpc) is 3.27. The highest BCUT2D eigenvalue weighted by Crippen LogP contribution is 2.19. The summed E-state index contributed by atoms with van der Waals surface area (Å²) < 4.78 is 16.9. The lowest BCUT2D eigenvalue weighted by Gasteiger charge is -2.18. The van der Waals surface area contributed by atoms with Crippen LogP contribution >= 0.6 is 0 Å². The third-order valence-corrected chi connectivity index (χ3v) is 13.5. The van der Waals surface area contributed by atoms with Crippen LogP contribution in [0.5, 0.6) is 0 Å². The molecule has 0 aliphatic rings. The molecule has 0 rings (SSSR count). The molecule has 0 aromatic carbocycles. The van der Waals surface area contributed by atoms with Crippen LogP contribution in [0.1, 0.15) is 318 Å². The highest BCUT2D eigenvalue weighted by atomic mass is 16.6. The van der Waals surface area contributed by atoms with Crippen LogP contribution in [0.25, 0.3) is 0 Å². The van der Waals surface area contributed by atoms with Crippen molar-refractivity contribution in [3.63, 3.8) is 0 Å². The van der Waals surface area contributed by atoms with Gasteiger partial charge in [-0.1, -0.05) is 279 Å². The lowest BCUT2D eigenvalue weighted by Crippen LogP contribution is -2.30. The Hall–Kier alpha value is -1.59. The van der Waals surface area contributed by atoms with E-state index in [1.165, 1.54) is 199 Å². The molecule has 64 heavy (non-hydrogen) atoms. The van der Waals surface area contributed by atoms with Crippen LogP contribution in [0.2, 0.25) is 0 Å². The van der Waals surface area contributed by atoms with Crippen molar-refractivity contribution >= 4 is 17.9 Å². The number of carbonyl (C=O) groups excluding carboxylic acids is 3.